The molecule has 0 aliphatic carbocycles. The third-order valence-corrected chi connectivity index (χ3v) is 4.21. The summed E-state index contributed by atoms with van der Waals surface area (Å²) in [6.45, 7) is 2.05. The quantitative estimate of drug-likeness (QED) is 0.603. The first kappa shape index (κ1) is 16.7. The van der Waals surface area contributed by atoms with Crippen molar-refractivity contribution in [2.45, 2.75) is 6.92 Å². The summed E-state index contributed by atoms with van der Waals surface area (Å²) in [6, 6.07) is 18.9. The Morgan fingerprint density at radius 2 is 1.63 bits per heavy atom. The predicted molar refractivity (Wildman–Crippen MR) is 104 cm³/mol. The highest BCUT2D eigenvalue weighted by atomic mass is 16.1. The van der Waals surface area contributed by atoms with Gasteiger partial charge in [-0.15, -0.1) is 5.10 Å². The predicted octanol–water partition coefficient (Wildman–Crippen LogP) is 3.89. The number of pyridine rings is 1. The molecular formula is C21H17N5O. The van der Waals surface area contributed by atoms with Crippen molar-refractivity contribution >= 4 is 11.6 Å². The standard InChI is InChI=1S/C21H17N5O/c1-15-2-4-16(5-3-15)20-14-23-25-26(20)19-8-6-17(7-9-19)21(27)24-18-10-12-22-13-11-18/h2-14H,1H3,(H,22,24,27). The van der Waals surface area contributed by atoms with Gasteiger partial charge in [0.05, 0.1) is 17.6 Å². The number of carbonyl (C=O) groups excluding carboxylic acids is 1. The molecule has 0 aliphatic rings. The molecule has 0 saturated heterocycles. The molecule has 0 radical (unpaired) electrons. The maximum Gasteiger partial charge on any atom is 0.255 e. The van der Waals surface area contributed by atoms with Gasteiger partial charge in [-0.25, -0.2) is 4.68 Å². The van der Waals surface area contributed by atoms with E-state index >= 15 is 0 Å². The number of aryl methyl sites for hydroxylation is 1. The van der Waals surface area contributed by atoms with Crippen LogP contribution < -0.4 is 5.32 Å². The topological polar surface area (TPSA) is 72.7 Å². The van der Waals surface area contributed by atoms with Crippen molar-refractivity contribution in [3.63, 3.8) is 0 Å². The minimum absolute atomic E-state index is 0.176. The molecule has 0 aliphatic heterocycles. The van der Waals surface area contributed by atoms with Gasteiger partial charge in [0.25, 0.3) is 5.91 Å². The van der Waals surface area contributed by atoms with Crippen molar-refractivity contribution in [3.8, 4) is 16.9 Å². The Hall–Kier alpha value is -3.80. The molecule has 2 aromatic carbocycles. The SMILES string of the molecule is Cc1ccc(-c2cnnn2-c2ccc(C(=O)Nc3ccncc3)cc2)cc1. The molecule has 27 heavy (non-hydrogen) atoms. The summed E-state index contributed by atoms with van der Waals surface area (Å²) in [6.07, 6.45) is 5.00. The monoisotopic (exact) mass is 355 g/mol. The molecule has 0 spiro atoms. The lowest BCUT2D eigenvalue weighted by Gasteiger charge is -2.08. The van der Waals surface area contributed by atoms with Gasteiger partial charge in [0.1, 0.15) is 0 Å². The van der Waals surface area contributed by atoms with Gasteiger partial charge >= 0.3 is 0 Å². The first-order valence-electron chi connectivity index (χ1n) is 8.50. The van der Waals surface area contributed by atoms with E-state index in [1.807, 2.05) is 24.3 Å². The second-order valence-electron chi connectivity index (χ2n) is 6.13. The van der Waals surface area contributed by atoms with E-state index in [9.17, 15) is 4.79 Å². The van der Waals surface area contributed by atoms with E-state index in [1.165, 1.54) is 5.56 Å². The normalized spacial score (nSPS) is 10.6. The van der Waals surface area contributed by atoms with E-state index in [0.717, 1.165) is 16.9 Å². The highest BCUT2D eigenvalue weighted by Gasteiger charge is 2.10. The minimum atomic E-state index is -0.176. The fourth-order valence-corrected chi connectivity index (χ4v) is 2.74. The van der Waals surface area contributed by atoms with E-state index < -0.39 is 0 Å². The second kappa shape index (κ2) is 7.21. The molecule has 0 unspecified atom stereocenters. The molecule has 0 saturated carbocycles. The van der Waals surface area contributed by atoms with Crippen LogP contribution in [-0.2, 0) is 0 Å². The van der Waals surface area contributed by atoms with Crippen molar-refractivity contribution in [2.75, 3.05) is 5.32 Å². The lowest BCUT2D eigenvalue weighted by atomic mass is 10.1. The van der Waals surface area contributed by atoms with Crippen molar-refractivity contribution in [1.82, 2.24) is 20.0 Å². The third-order valence-electron chi connectivity index (χ3n) is 4.21. The summed E-state index contributed by atoms with van der Waals surface area (Å²) in [5.74, 6) is -0.176. The summed E-state index contributed by atoms with van der Waals surface area (Å²) in [5, 5.41) is 11.1. The van der Waals surface area contributed by atoms with Crippen molar-refractivity contribution in [1.29, 1.82) is 0 Å². The smallest absolute Gasteiger partial charge is 0.255 e. The molecule has 1 amide bonds. The number of rotatable bonds is 4. The zero-order valence-corrected chi connectivity index (χ0v) is 14.7. The molecule has 0 atom stereocenters. The number of anilines is 1. The van der Waals surface area contributed by atoms with Crippen LogP contribution in [-0.4, -0.2) is 25.9 Å². The fourth-order valence-electron chi connectivity index (χ4n) is 2.74. The van der Waals surface area contributed by atoms with E-state index in [-0.39, 0.29) is 5.91 Å². The van der Waals surface area contributed by atoms with Crippen LogP contribution in [0, 0.1) is 6.92 Å². The molecule has 4 rings (SSSR count). The fraction of sp³-hybridized carbons (Fsp3) is 0.0476. The van der Waals surface area contributed by atoms with Gasteiger partial charge in [0.2, 0.25) is 0 Å². The van der Waals surface area contributed by atoms with Gasteiger partial charge in [-0.05, 0) is 43.3 Å². The number of hydrogen-bond donors (Lipinski definition) is 1. The van der Waals surface area contributed by atoms with Gasteiger partial charge in [0, 0.05) is 29.2 Å². The molecule has 0 bridgehead atoms. The molecule has 6 nitrogen and oxygen atoms in total. The number of carbonyl (C=O) groups is 1. The van der Waals surface area contributed by atoms with Crippen LogP contribution in [0.25, 0.3) is 16.9 Å². The molecule has 0 fully saturated rings. The average Bonchev–Trinajstić information content (AvgIpc) is 3.19. The van der Waals surface area contributed by atoms with Gasteiger partial charge in [0.15, 0.2) is 0 Å². The largest absolute Gasteiger partial charge is 0.322 e. The van der Waals surface area contributed by atoms with Crippen molar-refractivity contribution < 1.29 is 4.79 Å². The van der Waals surface area contributed by atoms with Crippen LogP contribution in [0.1, 0.15) is 15.9 Å². The lowest BCUT2D eigenvalue weighted by molar-refractivity contribution is 0.102. The number of nitrogens with zero attached hydrogens (tertiary/aromatic N) is 4. The van der Waals surface area contributed by atoms with Crippen LogP contribution >= 0.6 is 0 Å². The Morgan fingerprint density at radius 1 is 0.926 bits per heavy atom. The Morgan fingerprint density at radius 3 is 2.33 bits per heavy atom. The van der Waals surface area contributed by atoms with Gasteiger partial charge in [-0.3, -0.25) is 9.78 Å². The van der Waals surface area contributed by atoms with Gasteiger partial charge < -0.3 is 5.32 Å². The first-order chi connectivity index (χ1) is 13.2. The highest BCUT2D eigenvalue weighted by molar-refractivity contribution is 6.04. The minimum Gasteiger partial charge on any atom is -0.322 e. The molecule has 6 heteroatoms. The Bertz CT molecular complexity index is 1050. The number of amides is 1. The molecule has 4 aromatic rings. The van der Waals surface area contributed by atoms with Gasteiger partial charge in [-0.1, -0.05) is 35.0 Å². The lowest BCUT2D eigenvalue weighted by Crippen LogP contribution is -2.12. The van der Waals surface area contributed by atoms with E-state index in [2.05, 4.69) is 39.7 Å². The summed E-state index contributed by atoms with van der Waals surface area (Å²) < 4.78 is 1.76. The van der Waals surface area contributed by atoms with E-state index in [0.29, 0.717) is 11.3 Å². The van der Waals surface area contributed by atoms with E-state index in [1.54, 1.807) is 47.5 Å². The Kier molecular flexibility index (Phi) is 4.45. The number of hydrogen-bond acceptors (Lipinski definition) is 4. The van der Waals surface area contributed by atoms with Gasteiger partial charge in [-0.2, -0.15) is 0 Å². The van der Waals surface area contributed by atoms with Crippen LogP contribution in [0.15, 0.2) is 79.3 Å². The van der Waals surface area contributed by atoms with Crippen LogP contribution in [0.5, 0.6) is 0 Å². The Labute approximate surface area is 156 Å². The summed E-state index contributed by atoms with van der Waals surface area (Å²) >= 11 is 0. The second-order valence-corrected chi connectivity index (χ2v) is 6.13. The van der Waals surface area contributed by atoms with Crippen LogP contribution in [0.2, 0.25) is 0 Å². The number of benzene rings is 2. The molecule has 2 heterocycles. The number of aromatic nitrogens is 4. The van der Waals surface area contributed by atoms with Crippen molar-refractivity contribution in [3.05, 3.63) is 90.4 Å². The molecule has 1 N–H and O–H groups in total. The summed E-state index contributed by atoms with van der Waals surface area (Å²) in [5.41, 5.74) is 5.23. The Balaban J connectivity index is 1.57. The van der Waals surface area contributed by atoms with Crippen LogP contribution in [0.3, 0.4) is 0 Å². The maximum absolute atomic E-state index is 12.4. The van der Waals surface area contributed by atoms with E-state index in [4.69, 9.17) is 0 Å². The molecule has 2 aromatic heterocycles. The third kappa shape index (κ3) is 3.59. The van der Waals surface area contributed by atoms with Crippen molar-refractivity contribution in [2.24, 2.45) is 0 Å². The number of nitrogens with one attached hydrogen (secondary N) is 1. The summed E-state index contributed by atoms with van der Waals surface area (Å²) in [7, 11) is 0. The highest BCUT2D eigenvalue weighted by Crippen LogP contribution is 2.22. The maximum atomic E-state index is 12.4. The molecular weight excluding hydrogens is 338 g/mol. The molecule has 132 valence electrons. The van der Waals surface area contributed by atoms with Crippen LogP contribution in [0.4, 0.5) is 5.69 Å². The first-order valence-corrected chi connectivity index (χ1v) is 8.50. The average molecular weight is 355 g/mol. The zero-order chi connectivity index (χ0) is 18.6. The summed E-state index contributed by atoms with van der Waals surface area (Å²) in [4.78, 5) is 16.3. The zero-order valence-electron chi connectivity index (χ0n) is 14.7.